The molecule has 3 heteroatoms. The van der Waals surface area contributed by atoms with E-state index in [0.717, 1.165) is 23.1 Å². The number of rotatable bonds is 5. The van der Waals surface area contributed by atoms with Gasteiger partial charge in [0, 0.05) is 12.6 Å². The van der Waals surface area contributed by atoms with Gasteiger partial charge in [0.05, 0.1) is 13.2 Å². The molecule has 0 heterocycles. The Morgan fingerprint density at radius 1 is 1.25 bits per heavy atom. The van der Waals surface area contributed by atoms with E-state index in [1.54, 1.807) is 7.11 Å². The van der Waals surface area contributed by atoms with E-state index in [1.165, 1.54) is 19.3 Å². The lowest BCUT2D eigenvalue weighted by Crippen LogP contribution is -2.38. The molecule has 0 aliphatic heterocycles. The van der Waals surface area contributed by atoms with Crippen molar-refractivity contribution in [1.82, 2.24) is 5.32 Å². The second kappa shape index (κ2) is 7.09. The van der Waals surface area contributed by atoms with Gasteiger partial charge >= 0.3 is 0 Å². The zero-order valence-corrected chi connectivity index (χ0v) is 12.8. The van der Waals surface area contributed by atoms with Crippen LogP contribution < -0.4 is 10.1 Å². The molecule has 1 aromatic carbocycles. The van der Waals surface area contributed by atoms with Crippen molar-refractivity contribution in [3.8, 4) is 5.75 Å². The number of nitrogens with one attached hydrogen (secondary N) is 1. The second-order valence-electron chi connectivity index (χ2n) is 6.32. The van der Waals surface area contributed by atoms with Gasteiger partial charge in [-0.15, -0.1) is 0 Å². The van der Waals surface area contributed by atoms with Crippen LogP contribution in [0, 0.1) is 11.8 Å². The first-order chi connectivity index (χ1) is 9.58. The molecule has 3 unspecified atom stereocenters. The maximum atomic E-state index is 10.3. The number of aliphatic hydroxyl groups excluding tert-OH is 1. The Labute approximate surface area is 122 Å². The monoisotopic (exact) mass is 277 g/mol. The van der Waals surface area contributed by atoms with Crippen molar-refractivity contribution in [2.24, 2.45) is 11.8 Å². The van der Waals surface area contributed by atoms with Gasteiger partial charge in [0.25, 0.3) is 0 Å². The van der Waals surface area contributed by atoms with Gasteiger partial charge < -0.3 is 15.2 Å². The summed E-state index contributed by atoms with van der Waals surface area (Å²) in [6.07, 6.45) is 3.29. The summed E-state index contributed by atoms with van der Waals surface area (Å²) in [5.74, 6) is 2.36. The number of methoxy groups -OCH3 is 1. The summed E-state index contributed by atoms with van der Waals surface area (Å²) >= 11 is 0. The van der Waals surface area contributed by atoms with E-state index >= 15 is 0 Å². The highest BCUT2D eigenvalue weighted by atomic mass is 16.5. The molecule has 0 aromatic heterocycles. The lowest BCUT2D eigenvalue weighted by Gasteiger charge is -2.32. The van der Waals surface area contributed by atoms with E-state index in [9.17, 15) is 5.11 Å². The first-order valence-corrected chi connectivity index (χ1v) is 7.64. The van der Waals surface area contributed by atoms with Crippen LogP contribution in [0.4, 0.5) is 0 Å². The van der Waals surface area contributed by atoms with Gasteiger partial charge in [0.2, 0.25) is 0 Å². The summed E-state index contributed by atoms with van der Waals surface area (Å²) in [5.41, 5.74) is 0.911. The fraction of sp³-hybridized carbons (Fsp3) is 0.647. The lowest BCUT2D eigenvalue weighted by atomic mass is 9.80. The molecule has 0 radical (unpaired) electrons. The van der Waals surface area contributed by atoms with Crippen LogP contribution in [-0.4, -0.2) is 24.8 Å². The zero-order valence-electron chi connectivity index (χ0n) is 12.8. The van der Waals surface area contributed by atoms with E-state index in [4.69, 9.17) is 4.74 Å². The molecule has 0 spiro atoms. The van der Waals surface area contributed by atoms with Crippen molar-refractivity contribution < 1.29 is 9.84 Å². The predicted octanol–water partition coefficient (Wildman–Crippen LogP) is 3.14. The van der Waals surface area contributed by atoms with Gasteiger partial charge in [-0.25, -0.2) is 0 Å². The molecular formula is C17H27NO2. The lowest BCUT2D eigenvalue weighted by molar-refractivity contribution is 0.155. The molecule has 0 amide bonds. The molecule has 1 saturated carbocycles. The van der Waals surface area contributed by atoms with Crippen LogP contribution >= 0.6 is 0 Å². The van der Waals surface area contributed by atoms with Crippen LogP contribution in [0.3, 0.4) is 0 Å². The SMILES string of the molecule is COc1cccc(C(O)CNC2CC(C)CC(C)C2)c1. The number of benzene rings is 1. The Balaban J connectivity index is 1.86. The van der Waals surface area contributed by atoms with Crippen molar-refractivity contribution in [2.45, 2.75) is 45.3 Å². The van der Waals surface area contributed by atoms with Crippen molar-refractivity contribution in [3.63, 3.8) is 0 Å². The Morgan fingerprint density at radius 2 is 1.95 bits per heavy atom. The number of hydrogen-bond acceptors (Lipinski definition) is 3. The normalized spacial score (nSPS) is 28.1. The molecule has 1 aliphatic carbocycles. The van der Waals surface area contributed by atoms with Crippen LogP contribution in [0.15, 0.2) is 24.3 Å². The topological polar surface area (TPSA) is 41.5 Å². The molecule has 2 rings (SSSR count). The fourth-order valence-corrected chi connectivity index (χ4v) is 3.36. The van der Waals surface area contributed by atoms with Gasteiger partial charge in [-0.05, 0) is 48.8 Å². The van der Waals surface area contributed by atoms with Crippen molar-refractivity contribution >= 4 is 0 Å². The summed E-state index contributed by atoms with van der Waals surface area (Å²) in [7, 11) is 1.65. The second-order valence-corrected chi connectivity index (χ2v) is 6.32. The van der Waals surface area contributed by atoms with Crippen LogP contribution in [0.2, 0.25) is 0 Å². The smallest absolute Gasteiger partial charge is 0.119 e. The summed E-state index contributed by atoms with van der Waals surface area (Å²) in [5, 5.41) is 13.8. The van der Waals surface area contributed by atoms with Crippen LogP contribution in [0.5, 0.6) is 5.75 Å². The molecule has 112 valence electrons. The zero-order chi connectivity index (χ0) is 14.5. The summed E-state index contributed by atoms with van der Waals surface area (Å²) in [4.78, 5) is 0. The van der Waals surface area contributed by atoms with Gasteiger partial charge in [0.1, 0.15) is 5.75 Å². The molecule has 20 heavy (non-hydrogen) atoms. The Kier molecular flexibility index (Phi) is 5.44. The molecule has 1 aromatic rings. The van der Waals surface area contributed by atoms with Gasteiger partial charge in [-0.3, -0.25) is 0 Å². The third-order valence-corrected chi connectivity index (χ3v) is 4.26. The third kappa shape index (κ3) is 4.22. The molecular weight excluding hydrogens is 250 g/mol. The quantitative estimate of drug-likeness (QED) is 0.869. The molecule has 1 fully saturated rings. The molecule has 0 saturated heterocycles. The standard InChI is InChI=1S/C17H27NO2/c1-12-7-13(2)9-15(8-12)18-11-17(19)14-5-4-6-16(10-14)20-3/h4-6,10,12-13,15,17-19H,7-9,11H2,1-3H3. The maximum absolute atomic E-state index is 10.3. The van der Waals surface area contributed by atoms with Crippen molar-refractivity contribution in [3.05, 3.63) is 29.8 Å². The van der Waals surface area contributed by atoms with Gasteiger partial charge in [-0.2, -0.15) is 0 Å². The average molecular weight is 277 g/mol. The molecule has 1 aliphatic rings. The van der Waals surface area contributed by atoms with E-state index < -0.39 is 6.10 Å². The molecule has 3 nitrogen and oxygen atoms in total. The number of hydrogen-bond donors (Lipinski definition) is 2. The van der Waals surface area contributed by atoms with Gasteiger partial charge in [0.15, 0.2) is 0 Å². The van der Waals surface area contributed by atoms with Crippen molar-refractivity contribution in [2.75, 3.05) is 13.7 Å². The van der Waals surface area contributed by atoms with Crippen LogP contribution in [0.1, 0.15) is 44.8 Å². The fourth-order valence-electron chi connectivity index (χ4n) is 3.36. The highest BCUT2D eigenvalue weighted by Crippen LogP contribution is 2.28. The number of aliphatic hydroxyl groups is 1. The van der Waals surface area contributed by atoms with Crippen molar-refractivity contribution in [1.29, 1.82) is 0 Å². The largest absolute Gasteiger partial charge is 0.497 e. The highest BCUT2D eigenvalue weighted by Gasteiger charge is 2.24. The van der Waals surface area contributed by atoms with E-state index in [2.05, 4.69) is 19.2 Å². The minimum absolute atomic E-state index is 0.474. The Morgan fingerprint density at radius 3 is 2.60 bits per heavy atom. The number of ether oxygens (including phenoxy) is 1. The van der Waals surface area contributed by atoms with E-state index in [1.807, 2.05) is 24.3 Å². The van der Waals surface area contributed by atoms with Crippen LogP contribution in [-0.2, 0) is 0 Å². The third-order valence-electron chi connectivity index (χ3n) is 4.26. The molecule has 3 atom stereocenters. The average Bonchev–Trinajstić information content (AvgIpc) is 2.44. The minimum atomic E-state index is -0.474. The van der Waals surface area contributed by atoms with Gasteiger partial charge in [-0.1, -0.05) is 26.0 Å². The first kappa shape index (κ1) is 15.3. The van der Waals surface area contributed by atoms with Crippen LogP contribution in [0.25, 0.3) is 0 Å². The van der Waals surface area contributed by atoms with E-state index in [-0.39, 0.29) is 0 Å². The maximum Gasteiger partial charge on any atom is 0.119 e. The summed E-state index contributed by atoms with van der Waals surface area (Å²) < 4.78 is 5.20. The Bertz CT molecular complexity index is 411. The molecule has 0 bridgehead atoms. The summed E-state index contributed by atoms with van der Waals surface area (Å²) in [6.45, 7) is 5.25. The minimum Gasteiger partial charge on any atom is -0.497 e. The molecule has 2 N–H and O–H groups in total. The van der Waals surface area contributed by atoms with E-state index in [0.29, 0.717) is 12.6 Å². The Hall–Kier alpha value is -1.06. The first-order valence-electron chi connectivity index (χ1n) is 7.64. The predicted molar refractivity (Wildman–Crippen MR) is 81.9 cm³/mol. The summed E-state index contributed by atoms with van der Waals surface area (Å²) in [6, 6.07) is 8.20. The highest BCUT2D eigenvalue weighted by molar-refractivity contribution is 5.29.